The van der Waals surface area contributed by atoms with Gasteiger partial charge in [-0.25, -0.2) is 0 Å². The van der Waals surface area contributed by atoms with Gasteiger partial charge >= 0.3 is 0 Å². The lowest BCUT2D eigenvalue weighted by Crippen LogP contribution is -2.25. The maximum atomic E-state index is 12.6. The van der Waals surface area contributed by atoms with Crippen LogP contribution in [-0.4, -0.2) is 12.5 Å². The van der Waals surface area contributed by atoms with Gasteiger partial charge in [-0.05, 0) is 43.0 Å². The number of hydrogen-bond donors (Lipinski definition) is 1. The van der Waals surface area contributed by atoms with Gasteiger partial charge in [0, 0.05) is 17.2 Å². The van der Waals surface area contributed by atoms with Crippen molar-refractivity contribution in [3.8, 4) is 0 Å². The number of benzene rings is 3. The number of hydrogen-bond acceptors (Lipinski definition) is 2. The Morgan fingerprint density at radius 3 is 2.44 bits per heavy atom. The van der Waals surface area contributed by atoms with Crippen LogP contribution in [0.5, 0.6) is 0 Å². The van der Waals surface area contributed by atoms with Crippen LogP contribution in [0.4, 0.5) is 0 Å². The Kier molecular flexibility index (Phi) is 7.11. The fourth-order valence-electron chi connectivity index (χ4n) is 2.97. The van der Waals surface area contributed by atoms with E-state index in [0.717, 1.165) is 29.1 Å². The number of aryl methyl sites for hydroxylation is 2. The minimum atomic E-state index is 0.00963. The first-order valence-corrected chi connectivity index (χ1v) is 10.3. The molecule has 1 amide bonds. The summed E-state index contributed by atoms with van der Waals surface area (Å²) in [6.45, 7) is 2.79. The highest BCUT2D eigenvalue weighted by molar-refractivity contribution is 7.98. The maximum Gasteiger partial charge on any atom is 0.252 e. The minimum absolute atomic E-state index is 0.00963. The molecule has 1 N–H and O–H groups in total. The molecule has 27 heavy (non-hydrogen) atoms. The lowest BCUT2D eigenvalue weighted by atomic mass is 10.1. The molecule has 0 aromatic heterocycles. The highest BCUT2D eigenvalue weighted by Crippen LogP contribution is 2.26. The predicted molar refractivity (Wildman–Crippen MR) is 114 cm³/mol. The number of amides is 1. The van der Waals surface area contributed by atoms with Crippen molar-refractivity contribution in [2.24, 2.45) is 0 Å². The first kappa shape index (κ1) is 19.2. The molecule has 0 radical (unpaired) electrons. The second-order valence-corrected chi connectivity index (χ2v) is 7.64. The quantitative estimate of drug-likeness (QED) is 0.407. The molecule has 0 heterocycles. The smallest absolute Gasteiger partial charge is 0.252 e. The Bertz CT molecular complexity index is 876. The molecular formula is C24H25NOS. The Labute approximate surface area is 166 Å². The third-order valence-corrected chi connectivity index (χ3v) is 5.52. The molecule has 3 aromatic rings. The normalized spacial score (nSPS) is 10.6. The molecule has 2 nitrogen and oxygen atoms in total. The van der Waals surface area contributed by atoms with Crippen molar-refractivity contribution in [1.82, 2.24) is 5.32 Å². The van der Waals surface area contributed by atoms with Gasteiger partial charge in [-0.1, -0.05) is 72.3 Å². The summed E-state index contributed by atoms with van der Waals surface area (Å²) in [5.74, 6) is 0.869. The van der Waals surface area contributed by atoms with Crippen molar-refractivity contribution in [1.29, 1.82) is 0 Å². The van der Waals surface area contributed by atoms with Crippen LogP contribution >= 0.6 is 11.8 Å². The molecule has 3 aromatic carbocycles. The summed E-state index contributed by atoms with van der Waals surface area (Å²) in [5, 5.41) is 3.07. The zero-order valence-corrected chi connectivity index (χ0v) is 16.5. The fraction of sp³-hybridized carbons (Fsp3) is 0.208. The second kappa shape index (κ2) is 9.98. The number of thioether (sulfide) groups is 1. The summed E-state index contributed by atoms with van der Waals surface area (Å²) in [4.78, 5) is 13.6. The van der Waals surface area contributed by atoms with E-state index in [1.807, 2.05) is 42.5 Å². The van der Waals surface area contributed by atoms with Crippen molar-refractivity contribution in [3.63, 3.8) is 0 Å². The lowest BCUT2D eigenvalue weighted by molar-refractivity contribution is 0.0950. The third kappa shape index (κ3) is 6.00. The molecule has 0 fully saturated rings. The van der Waals surface area contributed by atoms with Crippen LogP contribution in [0.3, 0.4) is 0 Å². The average Bonchev–Trinajstić information content (AvgIpc) is 2.70. The monoisotopic (exact) mass is 375 g/mol. The Hall–Kier alpha value is -2.52. The summed E-state index contributed by atoms with van der Waals surface area (Å²) < 4.78 is 0. The van der Waals surface area contributed by atoms with Gasteiger partial charge in [-0.15, -0.1) is 11.8 Å². The molecule has 138 valence electrons. The van der Waals surface area contributed by atoms with Gasteiger partial charge < -0.3 is 5.32 Å². The van der Waals surface area contributed by atoms with E-state index in [0.29, 0.717) is 6.54 Å². The van der Waals surface area contributed by atoms with E-state index in [9.17, 15) is 4.79 Å². The largest absolute Gasteiger partial charge is 0.352 e. The van der Waals surface area contributed by atoms with Gasteiger partial charge in [-0.3, -0.25) is 4.79 Å². The molecule has 0 spiro atoms. The van der Waals surface area contributed by atoms with Crippen LogP contribution in [-0.2, 0) is 12.2 Å². The van der Waals surface area contributed by atoms with Crippen LogP contribution in [0.1, 0.15) is 33.5 Å². The zero-order chi connectivity index (χ0) is 18.9. The summed E-state index contributed by atoms with van der Waals surface area (Å²) >= 11 is 1.71. The van der Waals surface area contributed by atoms with Crippen LogP contribution in [0, 0.1) is 6.92 Å². The zero-order valence-electron chi connectivity index (χ0n) is 15.7. The molecule has 0 bridgehead atoms. The van der Waals surface area contributed by atoms with E-state index in [4.69, 9.17) is 0 Å². The Morgan fingerprint density at radius 1 is 0.889 bits per heavy atom. The SMILES string of the molecule is Cc1cccc(CCCNC(=O)c2ccccc2SCc2ccccc2)c1. The Morgan fingerprint density at radius 2 is 1.63 bits per heavy atom. The van der Waals surface area contributed by atoms with Gasteiger partial charge in [0.1, 0.15) is 0 Å². The van der Waals surface area contributed by atoms with Crippen molar-refractivity contribution < 1.29 is 4.79 Å². The molecule has 3 heteroatoms. The van der Waals surface area contributed by atoms with Gasteiger partial charge in [0.25, 0.3) is 5.91 Å². The van der Waals surface area contributed by atoms with E-state index in [2.05, 4.69) is 48.6 Å². The summed E-state index contributed by atoms with van der Waals surface area (Å²) in [6, 6.07) is 26.7. The van der Waals surface area contributed by atoms with E-state index in [1.54, 1.807) is 11.8 Å². The van der Waals surface area contributed by atoms with Gasteiger partial charge in [0.15, 0.2) is 0 Å². The number of nitrogens with one attached hydrogen (secondary N) is 1. The van der Waals surface area contributed by atoms with E-state index < -0.39 is 0 Å². The number of carbonyl (C=O) groups is 1. The predicted octanol–water partition coefficient (Wildman–Crippen LogP) is 5.65. The standard InChI is InChI=1S/C24H25NOS/c1-19-9-7-12-20(17-19)13-8-16-25-24(26)22-14-5-6-15-23(22)27-18-21-10-3-2-4-11-21/h2-7,9-12,14-15,17H,8,13,16,18H2,1H3,(H,25,26). The van der Waals surface area contributed by atoms with E-state index in [-0.39, 0.29) is 5.91 Å². The molecule has 0 aliphatic heterocycles. The summed E-state index contributed by atoms with van der Waals surface area (Å²) in [6.07, 6.45) is 1.92. The molecule has 0 aliphatic carbocycles. The van der Waals surface area contributed by atoms with Crippen molar-refractivity contribution in [2.45, 2.75) is 30.4 Å². The van der Waals surface area contributed by atoms with E-state index in [1.165, 1.54) is 16.7 Å². The maximum absolute atomic E-state index is 12.6. The Balaban J connectivity index is 1.52. The molecule has 0 atom stereocenters. The first-order chi connectivity index (χ1) is 13.2. The van der Waals surface area contributed by atoms with Crippen molar-refractivity contribution >= 4 is 17.7 Å². The molecule has 0 aliphatic rings. The third-order valence-electron chi connectivity index (χ3n) is 4.38. The van der Waals surface area contributed by atoms with Crippen LogP contribution in [0.15, 0.2) is 83.8 Å². The molecule has 0 saturated carbocycles. The fourth-order valence-corrected chi connectivity index (χ4v) is 3.98. The summed E-state index contributed by atoms with van der Waals surface area (Å²) in [7, 11) is 0. The highest BCUT2D eigenvalue weighted by atomic mass is 32.2. The highest BCUT2D eigenvalue weighted by Gasteiger charge is 2.11. The summed E-state index contributed by atoms with van der Waals surface area (Å²) in [5.41, 5.74) is 4.62. The number of carbonyl (C=O) groups excluding carboxylic acids is 1. The van der Waals surface area contributed by atoms with Crippen LogP contribution < -0.4 is 5.32 Å². The van der Waals surface area contributed by atoms with Gasteiger partial charge in [0.05, 0.1) is 5.56 Å². The lowest BCUT2D eigenvalue weighted by Gasteiger charge is -2.10. The molecular weight excluding hydrogens is 350 g/mol. The average molecular weight is 376 g/mol. The minimum Gasteiger partial charge on any atom is -0.352 e. The molecule has 3 rings (SSSR count). The van der Waals surface area contributed by atoms with Crippen LogP contribution in [0.2, 0.25) is 0 Å². The number of rotatable bonds is 8. The van der Waals surface area contributed by atoms with Gasteiger partial charge in [0.2, 0.25) is 0 Å². The molecule has 0 saturated heterocycles. The van der Waals surface area contributed by atoms with Crippen LogP contribution in [0.25, 0.3) is 0 Å². The van der Waals surface area contributed by atoms with Crippen molar-refractivity contribution in [3.05, 3.63) is 101 Å². The first-order valence-electron chi connectivity index (χ1n) is 9.32. The van der Waals surface area contributed by atoms with E-state index >= 15 is 0 Å². The second-order valence-electron chi connectivity index (χ2n) is 6.62. The topological polar surface area (TPSA) is 29.1 Å². The van der Waals surface area contributed by atoms with Crippen molar-refractivity contribution in [2.75, 3.05) is 6.54 Å². The van der Waals surface area contributed by atoms with Gasteiger partial charge in [-0.2, -0.15) is 0 Å². The molecule has 0 unspecified atom stereocenters.